The van der Waals surface area contributed by atoms with Crippen LogP contribution < -0.4 is 0 Å². The van der Waals surface area contributed by atoms with Gasteiger partial charge in [0, 0.05) is 6.61 Å². The summed E-state index contributed by atoms with van der Waals surface area (Å²) in [7, 11) is 0. The van der Waals surface area contributed by atoms with Crippen molar-refractivity contribution in [1.82, 2.24) is 0 Å². The molecule has 4 nitrogen and oxygen atoms in total. The van der Waals surface area contributed by atoms with Gasteiger partial charge in [0.15, 0.2) is 6.29 Å². The predicted octanol–water partition coefficient (Wildman–Crippen LogP) is 6.88. The quantitative estimate of drug-likeness (QED) is 0.373. The summed E-state index contributed by atoms with van der Waals surface area (Å²) in [5, 5.41) is 22.5. The van der Waals surface area contributed by atoms with E-state index in [1.165, 1.54) is 32.1 Å². The van der Waals surface area contributed by atoms with Gasteiger partial charge in [-0.25, -0.2) is 0 Å². The van der Waals surface area contributed by atoms with E-state index in [0.717, 1.165) is 57.5 Å². The van der Waals surface area contributed by atoms with Crippen molar-refractivity contribution >= 4 is 0 Å². The Kier molecular flexibility index (Phi) is 8.02. The zero-order valence-electron chi connectivity index (χ0n) is 23.8. The van der Waals surface area contributed by atoms with Gasteiger partial charge in [0.05, 0.1) is 18.3 Å². The molecule has 0 bridgehead atoms. The summed E-state index contributed by atoms with van der Waals surface area (Å²) in [4.78, 5) is 0. The standard InChI is InChI=1S/C32H54O4/c1-20(2)9-12-27(33)21(3)30-28(34)19-26-24-11-10-22-18-23(36-29-8-6-7-17-35-29)13-15-31(22,4)25(24)14-16-32(26,30)5/h10,20-21,23-30,33-34H,6-9,11-19H2,1-5H3/t21-,23+,24-,25+,26+,27-,28-,29?,30+,31+,32+/m1/s1. The highest BCUT2D eigenvalue weighted by atomic mass is 16.7. The van der Waals surface area contributed by atoms with Crippen molar-refractivity contribution in [3.05, 3.63) is 11.6 Å². The molecule has 5 aliphatic rings. The number of rotatable bonds is 7. The SMILES string of the molecule is CC(C)CC[C@@H](O)[C@@H](C)[C@H]1[C@H](O)C[C@H]2[C@@H]3CC=C4C[C@@H](OC5CCCCO5)CC[C@]4(C)[C@H]3CC[C@]12C. The lowest BCUT2D eigenvalue weighted by atomic mass is 9.47. The molecule has 2 N–H and O–H groups in total. The van der Waals surface area contributed by atoms with Crippen LogP contribution in [0.15, 0.2) is 11.6 Å². The lowest BCUT2D eigenvalue weighted by molar-refractivity contribution is -0.195. The molecule has 0 aromatic carbocycles. The van der Waals surface area contributed by atoms with E-state index >= 15 is 0 Å². The third-order valence-electron chi connectivity index (χ3n) is 11.9. The average Bonchev–Trinajstić information content (AvgIpc) is 3.12. The normalized spacial score (nSPS) is 46.4. The Morgan fingerprint density at radius 2 is 1.86 bits per heavy atom. The lowest BCUT2D eigenvalue weighted by Gasteiger charge is -2.58. The van der Waals surface area contributed by atoms with E-state index in [1.807, 2.05) is 0 Å². The van der Waals surface area contributed by atoms with Gasteiger partial charge in [0.25, 0.3) is 0 Å². The molecular weight excluding hydrogens is 448 g/mol. The van der Waals surface area contributed by atoms with E-state index in [-0.39, 0.29) is 41.2 Å². The first-order chi connectivity index (χ1) is 17.1. The van der Waals surface area contributed by atoms with Crippen LogP contribution >= 0.6 is 0 Å². The van der Waals surface area contributed by atoms with E-state index in [2.05, 4.69) is 40.7 Å². The van der Waals surface area contributed by atoms with Gasteiger partial charge in [0.2, 0.25) is 0 Å². The summed E-state index contributed by atoms with van der Waals surface area (Å²) in [6.45, 7) is 12.5. The Bertz CT molecular complexity index is 787. The lowest BCUT2D eigenvalue weighted by Crippen LogP contribution is -2.51. The highest BCUT2D eigenvalue weighted by molar-refractivity contribution is 5.26. The van der Waals surface area contributed by atoms with Crippen LogP contribution in [0.5, 0.6) is 0 Å². The van der Waals surface area contributed by atoms with Gasteiger partial charge in [-0.05, 0) is 123 Å². The van der Waals surface area contributed by atoms with Crippen molar-refractivity contribution in [1.29, 1.82) is 0 Å². The average molecular weight is 503 g/mol. The first-order valence-electron chi connectivity index (χ1n) is 15.5. The van der Waals surface area contributed by atoms with E-state index < -0.39 is 0 Å². The molecule has 1 saturated heterocycles. The minimum atomic E-state index is -0.306. The number of hydrogen-bond acceptors (Lipinski definition) is 4. The number of allylic oxidation sites excluding steroid dienone is 1. The number of aliphatic hydroxyl groups excluding tert-OH is 2. The zero-order valence-corrected chi connectivity index (χ0v) is 23.8. The van der Waals surface area contributed by atoms with Crippen LogP contribution in [-0.2, 0) is 9.47 Å². The summed E-state index contributed by atoms with van der Waals surface area (Å²) in [5.41, 5.74) is 2.06. The first kappa shape index (κ1) is 27.2. The fourth-order valence-electron chi connectivity index (χ4n) is 9.79. The maximum atomic E-state index is 11.4. The molecule has 36 heavy (non-hydrogen) atoms. The number of hydrogen-bond donors (Lipinski definition) is 2. The number of fused-ring (bicyclic) bond motifs is 5. The Morgan fingerprint density at radius 1 is 1.06 bits per heavy atom. The van der Waals surface area contributed by atoms with Crippen LogP contribution in [0.25, 0.3) is 0 Å². The molecular formula is C32H54O4. The predicted molar refractivity (Wildman–Crippen MR) is 144 cm³/mol. The molecule has 0 amide bonds. The third-order valence-corrected chi connectivity index (χ3v) is 11.9. The fourth-order valence-corrected chi connectivity index (χ4v) is 9.79. The van der Waals surface area contributed by atoms with Gasteiger partial charge in [0.1, 0.15) is 0 Å². The molecule has 11 atom stereocenters. The second-order valence-electron chi connectivity index (χ2n) is 14.3. The first-order valence-corrected chi connectivity index (χ1v) is 15.5. The van der Waals surface area contributed by atoms with Crippen molar-refractivity contribution < 1.29 is 19.7 Å². The molecule has 1 aliphatic heterocycles. The smallest absolute Gasteiger partial charge is 0.157 e. The number of ether oxygens (including phenoxy) is 2. The van der Waals surface area contributed by atoms with Gasteiger partial charge >= 0.3 is 0 Å². The maximum absolute atomic E-state index is 11.4. The molecule has 0 spiro atoms. The van der Waals surface area contributed by atoms with Crippen LogP contribution in [0.1, 0.15) is 112 Å². The largest absolute Gasteiger partial charge is 0.393 e. The number of aliphatic hydroxyl groups is 2. The van der Waals surface area contributed by atoms with Crippen LogP contribution in [0, 0.1) is 46.3 Å². The molecule has 4 fully saturated rings. The van der Waals surface area contributed by atoms with E-state index in [9.17, 15) is 10.2 Å². The topological polar surface area (TPSA) is 58.9 Å². The second kappa shape index (κ2) is 10.6. The Hall–Kier alpha value is -0.420. The molecule has 1 unspecified atom stereocenters. The molecule has 0 radical (unpaired) electrons. The van der Waals surface area contributed by atoms with Gasteiger partial charge in [-0.3, -0.25) is 0 Å². The minimum Gasteiger partial charge on any atom is -0.393 e. The summed E-state index contributed by atoms with van der Waals surface area (Å²) in [6.07, 6.45) is 15.7. The molecule has 4 aliphatic carbocycles. The highest BCUT2D eigenvalue weighted by Crippen LogP contribution is 2.67. The summed E-state index contributed by atoms with van der Waals surface area (Å²) in [6, 6.07) is 0. The monoisotopic (exact) mass is 502 g/mol. The van der Waals surface area contributed by atoms with Crippen molar-refractivity contribution in [2.75, 3.05) is 6.61 Å². The van der Waals surface area contributed by atoms with E-state index in [0.29, 0.717) is 23.9 Å². The fraction of sp³-hybridized carbons (Fsp3) is 0.938. The molecule has 4 heteroatoms. The van der Waals surface area contributed by atoms with Crippen LogP contribution in [0.2, 0.25) is 0 Å². The Morgan fingerprint density at radius 3 is 2.58 bits per heavy atom. The van der Waals surface area contributed by atoms with Crippen LogP contribution in [-0.4, -0.2) is 41.4 Å². The van der Waals surface area contributed by atoms with Crippen molar-refractivity contribution in [3.8, 4) is 0 Å². The molecule has 5 rings (SSSR count). The summed E-state index contributed by atoms with van der Waals surface area (Å²) >= 11 is 0. The maximum Gasteiger partial charge on any atom is 0.157 e. The molecule has 206 valence electrons. The summed E-state index contributed by atoms with van der Waals surface area (Å²) < 4.78 is 12.3. The van der Waals surface area contributed by atoms with Crippen molar-refractivity contribution in [2.24, 2.45) is 46.3 Å². The zero-order chi connectivity index (χ0) is 25.7. The van der Waals surface area contributed by atoms with Crippen LogP contribution in [0.3, 0.4) is 0 Å². The minimum absolute atomic E-state index is 0.00946. The summed E-state index contributed by atoms with van der Waals surface area (Å²) in [5.74, 6) is 2.92. The van der Waals surface area contributed by atoms with Gasteiger partial charge < -0.3 is 19.7 Å². The van der Waals surface area contributed by atoms with Crippen molar-refractivity contribution in [2.45, 2.75) is 136 Å². The Balaban J connectivity index is 1.29. The van der Waals surface area contributed by atoms with E-state index in [1.54, 1.807) is 5.57 Å². The molecule has 0 aromatic rings. The van der Waals surface area contributed by atoms with Crippen molar-refractivity contribution in [3.63, 3.8) is 0 Å². The molecule has 3 saturated carbocycles. The third kappa shape index (κ3) is 4.87. The Labute approximate surface area is 220 Å². The van der Waals surface area contributed by atoms with Crippen LogP contribution in [0.4, 0.5) is 0 Å². The van der Waals surface area contributed by atoms with Gasteiger partial charge in [-0.15, -0.1) is 0 Å². The van der Waals surface area contributed by atoms with Gasteiger partial charge in [-0.2, -0.15) is 0 Å². The molecule has 1 heterocycles. The van der Waals surface area contributed by atoms with E-state index in [4.69, 9.17) is 9.47 Å². The molecule has 0 aromatic heterocycles. The second-order valence-corrected chi connectivity index (χ2v) is 14.3. The van der Waals surface area contributed by atoms with Gasteiger partial charge in [-0.1, -0.05) is 46.3 Å². The highest BCUT2D eigenvalue weighted by Gasteiger charge is 2.62.